The fourth-order valence-electron chi connectivity index (χ4n) is 2.71. The number of nitriles is 1. The fourth-order valence-corrected chi connectivity index (χ4v) is 2.71. The Bertz CT molecular complexity index is 554. The van der Waals surface area contributed by atoms with E-state index in [-0.39, 0.29) is 11.8 Å². The molecule has 1 aromatic carbocycles. The minimum Gasteiger partial charge on any atom is -0.314 e. The van der Waals surface area contributed by atoms with Gasteiger partial charge in [0, 0.05) is 12.7 Å². The molecule has 0 saturated carbocycles. The standard InChI is InChI=1S/C16H20N2O/c1-5-11(10-17)8-12-6-7-14-13(9-12)16(2,3)15(19)18(14)4/h6-7,9,11H,5,8H2,1-4H3. The topological polar surface area (TPSA) is 44.1 Å². The van der Waals surface area contributed by atoms with E-state index in [4.69, 9.17) is 5.26 Å². The van der Waals surface area contributed by atoms with Crippen LogP contribution in [0.5, 0.6) is 0 Å². The van der Waals surface area contributed by atoms with Gasteiger partial charge in [-0.15, -0.1) is 0 Å². The summed E-state index contributed by atoms with van der Waals surface area (Å²) in [6, 6.07) is 8.46. The first kappa shape index (κ1) is 13.6. The number of hydrogen-bond acceptors (Lipinski definition) is 2. The van der Waals surface area contributed by atoms with E-state index in [2.05, 4.69) is 12.1 Å². The van der Waals surface area contributed by atoms with Crippen LogP contribution >= 0.6 is 0 Å². The number of hydrogen-bond donors (Lipinski definition) is 0. The molecular formula is C16H20N2O. The van der Waals surface area contributed by atoms with Crippen molar-refractivity contribution in [3.63, 3.8) is 0 Å². The van der Waals surface area contributed by atoms with E-state index < -0.39 is 5.41 Å². The van der Waals surface area contributed by atoms with Crippen molar-refractivity contribution in [1.82, 2.24) is 0 Å². The van der Waals surface area contributed by atoms with Gasteiger partial charge in [-0.25, -0.2) is 0 Å². The molecule has 0 aliphatic carbocycles. The maximum Gasteiger partial charge on any atom is 0.236 e. The van der Waals surface area contributed by atoms with Crippen molar-refractivity contribution in [2.24, 2.45) is 5.92 Å². The highest BCUT2D eigenvalue weighted by Crippen LogP contribution is 2.41. The average molecular weight is 256 g/mol. The number of carbonyl (C=O) groups is 1. The maximum atomic E-state index is 12.2. The molecule has 100 valence electrons. The number of carbonyl (C=O) groups excluding carboxylic acids is 1. The Morgan fingerprint density at radius 2 is 2.11 bits per heavy atom. The molecule has 0 bridgehead atoms. The lowest BCUT2D eigenvalue weighted by Gasteiger charge is -2.17. The number of amides is 1. The van der Waals surface area contributed by atoms with Gasteiger partial charge in [-0.3, -0.25) is 4.79 Å². The molecule has 2 rings (SSSR count). The van der Waals surface area contributed by atoms with Crippen LogP contribution in [0, 0.1) is 17.2 Å². The minimum atomic E-state index is -0.464. The van der Waals surface area contributed by atoms with Crippen molar-refractivity contribution < 1.29 is 4.79 Å². The van der Waals surface area contributed by atoms with Gasteiger partial charge in [-0.2, -0.15) is 5.26 Å². The third-order valence-electron chi connectivity index (χ3n) is 4.09. The quantitative estimate of drug-likeness (QED) is 0.834. The largest absolute Gasteiger partial charge is 0.314 e. The molecule has 3 heteroatoms. The Morgan fingerprint density at radius 3 is 2.68 bits per heavy atom. The van der Waals surface area contributed by atoms with Gasteiger partial charge in [0.1, 0.15) is 0 Å². The number of benzene rings is 1. The Labute approximate surface area is 114 Å². The summed E-state index contributed by atoms with van der Waals surface area (Å²) in [5, 5.41) is 9.06. The fraction of sp³-hybridized carbons (Fsp3) is 0.500. The summed E-state index contributed by atoms with van der Waals surface area (Å²) in [6.45, 7) is 5.95. The number of likely N-dealkylation sites (N-methyl/N-ethyl adjacent to an activating group) is 1. The van der Waals surface area contributed by atoms with Crippen molar-refractivity contribution in [2.45, 2.75) is 39.0 Å². The van der Waals surface area contributed by atoms with E-state index in [0.29, 0.717) is 0 Å². The molecule has 0 radical (unpaired) electrons. The lowest BCUT2D eigenvalue weighted by Crippen LogP contribution is -2.33. The van der Waals surface area contributed by atoms with Crippen LogP contribution in [-0.4, -0.2) is 13.0 Å². The molecule has 1 aliphatic heterocycles. The van der Waals surface area contributed by atoms with Gasteiger partial charge < -0.3 is 4.90 Å². The number of fused-ring (bicyclic) bond motifs is 1. The Balaban J connectivity index is 2.38. The van der Waals surface area contributed by atoms with Gasteiger partial charge in [0.15, 0.2) is 0 Å². The van der Waals surface area contributed by atoms with Gasteiger partial charge in [-0.1, -0.05) is 19.1 Å². The molecule has 19 heavy (non-hydrogen) atoms. The zero-order valence-corrected chi connectivity index (χ0v) is 12.0. The lowest BCUT2D eigenvalue weighted by molar-refractivity contribution is -0.121. The predicted octanol–water partition coefficient (Wildman–Crippen LogP) is 3.03. The van der Waals surface area contributed by atoms with Gasteiger partial charge >= 0.3 is 0 Å². The first-order chi connectivity index (χ1) is 8.91. The summed E-state index contributed by atoms with van der Waals surface area (Å²) in [6.07, 6.45) is 1.62. The highest BCUT2D eigenvalue weighted by molar-refractivity contribution is 6.07. The van der Waals surface area contributed by atoms with E-state index in [1.54, 1.807) is 4.90 Å². The van der Waals surface area contributed by atoms with Crippen molar-refractivity contribution in [3.05, 3.63) is 29.3 Å². The van der Waals surface area contributed by atoms with Crippen molar-refractivity contribution in [3.8, 4) is 6.07 Å². The maximum absolute atomic E-state index is 12.2. The summed E-state index contributed by atoms with van der Waals surface area (Å²) in [4.78, 5) is 13.9. The Hall–Kier alpha value is -1.82. The molecule has 0 N–H and O–H groups in total. The summed E-state index contributed by atoms with van der Waals surface area (Å²) in [5.41, 5.74) is 2.74. The molecule has 1 atom stereocenters. The smallest absolute Gasteiger partial charge is 0.236 e. The molecule has 1 unspecified atom stereocenters. The van der Waals surface area contributed by atoms with Crippen molar-refractivity contribution >= 4 is 11.6 Å². The van der Waals surface area contributed by atoms with Crippen LogP contribution in [0.15, 0.2) is 18.2 Å². The molecule has 0 saturated heterocycles. The summed E-state index contributed by atoms with van der Waals surface area (Å²) < 4.78 is 0. The third-order valence-corrected chi connectivity index (χ3v) is 4.09. The third kappa shape index (κ3) is 2.12. The second-order valence-corrected chi connectivity index (χ2v) is 5.78. The van der Waals surface area contributed by atoms with Gasteiger partial charge in [0.05, 0.1) is 17.4 Å². The van der Waals surface area contributed by atoms with E-state index in [0.717, 1.165) is 29.7 Å². The lowest BCUT2D eigenvalue weighted by atomic mass is 9.84. The Kier molecular flexibility index (Phi) is 3.36. The molecule has 1 aromatic rings. The van der Waals surface area contributed by atoms with Crippen molar-refractivity contribution in [2.75, 3.05) is 11.9 Å². The molecule has 0 fully saturated rings. The van der Waals surface area contributed by atoms with Crippen LogP contribution in [0.1, 0.15) is 38.3 Å². The van der Waals surface area contributed by atoms with Crippen LogP contribution in [0.25, 0.3) is 0 Å². The zero-order chi connectivity index (χ0) is 14.2. The average Bonchev–Trinajstić information content (AvgIpc) is 2.58. The van der Waals surface area contributed by atoms with Gasteiger partial charge in [0.2, 0.25) is 5.91 Å². The van der Waals surface area contributed by atoms with Crippen LogP contribution < -0.4 is 4.90 Å². The van der Waals surface area contributed by atoms with Gasteiger partial charge in [-0.05, 0) is 43.9 Å². The van der Waals surface area contributed by atoms with Crippen LogP contribution in [-0.2, 0) is 16.6 Å². The van der Waals surface area contributed by atoms with E-state index in [1.165, 1.54) is 0 Å². The second kappa shape index (κ2) is 4.70. The number of nitrogens with zero attached hydrogens (tertiary/aromatic N) is 2. The van der Waals surface area contributed by atoms with Gasteiger partial charge in [0.25, 0.3) is 0 Å². The number of rotatable bonds is 3. The first-order valence-corrected chi connectivity index (χ1v) is 6.73. The monoisotopic (exact) mass is 256 g/mol. The molecule has 1 amide bonds. The molecule has 0 aromatic heterocycles. The molecule has 0 spiro atoms. The second-order valence-electron chi connectivity index (χ2n) is 5.78. The molecule has 3 nitrogen and oxygen atoms in total. The van der Waals surface area contributed by atoms with E-state index >= 15 is 0 Å². The Morgan fingerprint density at radius 1 is 1.42 bits per heavy atom. The zero-order valence-electron chi connectivity index (χ0n) is 12.0. The van der Waals surface area contributed by atoms with Crippen LogP contribution in [0.3, 0.4) is 0 Å². The normalized spacial score (nSPS) is 18.1. The number of anilines is 1. The van der Waals surface area contributed by atoms with Crippen LogP contribution in [0.2, 0.25) is 0 Å². The summed E-state index contributed by atoms with van der Waals surface area (Å²) in [5.74, 6) is 0.183. The summed E-state index contributed by atoms with van der Waals surface area (Å²) in [7, 11) is 1.82. The van der Waals surface area contributed by atoms with E-state index in [1.807, 2.05) is 40.0 Å². The summed E-state index contributed by atoms with van der Waals surface area (Å²) >= 11 is 0. The van der Waals surface area contributed by atoms with Crippen molar-refractivity contribution in [1.29, 1.82) is 5.26 Å². The van der Waals surface area contributed by atoms with Crippen LogP contribution in [0.4, 0.5) is 5.69 Å². The highest BCUT2D eigenvalue weighted by atomic mass is 16.2. The minimum absolute atomic E-state index is 0.0518. The molecule has 1 aliphatic rings. The SMILES string of the molecule is CCC(C#N)Cc1ccc2c(c1)C(C)(C)C(=O)N2C. The predicted molar refractivity (Wildman–Crippen MR) is 76.0 cm³/mol. The van der Waals surface area contributed by atoms with E-state index in [9.17, 15) is 4.79 Å². The molecule has 1 heterocycles. The first-order valence-electron chi connectivity index (χ1n) is 6.73. The highest BCUT2D eigenvalue weighted by Gasteiger charge is 2.42. The molecular weight excluding hydrogens is 236 g/mol.